The van der Waals surface area contributed by atoms with Crippen molar-refractivity contribution in [2.75, 3.05) is 14.1 Å². The first-order valence-electron chi connectivity index (χ1n) is 7.27. The lowest BCUT2D eigenvalue weighted by Crippen LogP contribution is -2.12. The summed E-state index contributed by atoms with van der Waals surface area (Å²) in [6.07, 6.45) is 7.04. The highest BCUT2D eigenvalue weighted by atomic mass is 16.5. The van der Waals surface area contributed by atoms with Crippen LogP contribution >= 0.6 is 0 Å². The van der Waals surface area contributed by atoms with Gasteiger partial charge in [-0.2, -0.15) is 4.98 Å². The minimum atomic E-state index is -0.957. The van der Waals surface area contributed by atoms with Gasteiger partial charge in [0, 0.05) is 25.4 Å². The van der Waals surface area contributed by atoms with Gasteiger partial charge in [-0.05, 0) is 24.6 Å². The third kappa shape index (κ3) is 3.15. The summed E-state index contributed by atoms with van der Waals surface area (Å²) < 4.78 is 5.36. The summed E-state index contributed by atoms with van der Waals surface area (Å²) in [5.41, 5.74) is 2.12. The van der Waals surface area contributed by atoms with Gasteiger partial charge in [-0.15, -0.1) is 0 Å². The van der Waals surface area contributed by atoms with E-state index >= 15 is 0 Å². The van der Waals surface area contributed by atoms with Gasteiger partial charge in [-0.3, -0.25) is 0 Å². The number of hydrogen-bond donors (Lipinski definition) is 1. The molecular weight excluding hydrogens is 294 g/mol. The molecule has 0 aliphatic heterocycles. The molecule has 6 heteroatoms. The standard InChI is InChI=1S/C17H17N3O3/c1-20(2)14-9-7-12(8-10-14)16-18-15(19-23-16)11-3-5-13(6-4-11)17(21)22/h3-7,9-10,12H,8H2,1-2H3,(H,21,22). The van der Waals surface area contributed by atoms with E-state index in [-0.39, 0.29) is 11.5 Å². The molecule has 23 heavy (non-hydrogen) atoms. The second kappa shape index (κ2) is 6.08. The van der Waals surface area contributed by atoms with E-state index in [1.807, 2.05) is 20.2 Å². The minimum Gasteiger partial charge on any atom is -0.478 e. The Morgan fingerprint density at radius 1 is 1.30 bits per heavy atom. The van der Waals surface area contributed by atoms with Gasteiger partial charge >= 0.3 is 5.97 Å². The molecule has 1 aliphatic rings. The SMILES string of the molecule is CN(C)C1=CCC(c2nc(-c3ccc(C(=O)O)cc3)no2)C=C1. The Morgan fingerprint density at radius 3 is 2.61 bits per heavy atom. The van der Waals surface area contributed by atoms with Crippen LogP contribution < -0.4 is 0 Å². The van der Waals surface area contributed by atoms with E-state index in [9.17, 15) is 4.79 Å². The quantitative estimate of drug-likeness (QED) is 0.935. The van der Waals surface area contributed by atoms with Gasteiger partial charge in [-0.25, -0.2) is 4.79 Å². The van der Waals surface area contributed by atoms with E-state index in [4.69, 9.17) is 9.63 Å². The maximum absolute atomic E-state index is 10.9. The lowest BCUT2D eigenvalue weighted by Gasteiger charge is -2.18. The zero-order chi connectivity index (χ0) is 16.4. The molecule has 0 amide bonds. The van der Waals surface area contributed by atoms with Crippen LogP contribution in [0, 0.1) is 0 Å². The Hall–Kier alpha value is -2.89. The molecule has 1 aromatic heterocycles. The summed E-state index contributed by atoms with van der Waals surface area (Å²) in [6, 6.07) is 6.41. The second-order valence-electron chi connectivity index (χ2n) is 5.56. The van der Waals surface area contributed by atoms with E-state index in [0.717, 1.165) is 17.7 Å². The molecule has 1 heterocycles. The van der Waals surface area contributed by atoms with Gasteiger partial charge in [0.1, 0.15) is 0 Å². The number of allylic oxidation sites excluding steroid dienone is 3. The number of carboxylic acid groups (broad SMARTS) is 1. The van der Waals surface area contributed by atoms with E-state index in [0.29, 0.717) is 11.7 Å². The predicted octanol–water partition coefficient (Wildman–Crippen LogP) is 2.92. The minimum absolute atomic E-state index is 0.0678. The first-order valence-corrected chi connectivity index (χ1v) is 7.27. The van der Waals surface area contributed by atoms with Gasteiger partial charge in [0.15, 0.2) is 0 Å². The van der Waals surface area contributed by atoms with Gasteiger partial charge < -0.3 is 14.5 Å². The maximum Gasteiger partial charge on any atom is 0.335 e. The first kappa shape index (κ1) is 15.0. The lowest BCUT2D eigenvalue weighted by molar-refractivity contribution is 0.0697. The molecule has 3 rings (SSSR count). The molecule has 1 aliphatic carbocycles. The van der Waals surface area contributed by atoms with Crippen molar-refractivity contribution in [3.8, 4) is 11.4 Å². The van der Waals surface area contributed by atoms with Crippen molar-refractivity contribution in [1.82, 2.24) is 15.0 Å². The molecule has 1 aromatic carbocycles. The number of aromatic carboxylic acids is 1. The Labute approximate surface area is 133 Å². The average molecular weight is 311 g/mol. The van der Waals surface area contributed by atoms with Crippen molar-refractivity contribution < 1.29 is 14.4 Å². The fourth-order valence-electron chi connectivity index (χ4n) is 2.39. The molecular formula is C17H17N3O3. The fourth-order valence-corrected chi connectivity index (χ4v) is 2.39. The van der Waals surface area contributed by atoms with Crippen LogP contribution in [0.4, 0.5) is 0 Å². The largest absolute Gasteiger partial charge is 0.478 e. The first-order chi connectivity index (χ1) is 11.0. The highest BCUT2D eigenvalue weighted by Crippen LogP contribution is 2.27. The molecule has 0 fully saturated rings. The molecule has 1 atom stereocenters. The Kier molecular flexibility index (Phi) is 3.97. The summed E-state index contributed by atoms with van der Waals surface area (Å²) >= 11 is 0. The van der Waals surface area contributed by atoms with Crippen molar-refractivity contribution in [3.63, 3.8) is 0 Å². The topological polar surface area (TPSA) is 79.5 Å². The molecule has 0 saturated heterocycles. The zero-order valence-electron chi connectivity index (χ0n) is 12.9. The summed E-state index contributed by atoms with van der Waals surface area (Å²) in [7, 11) is 4.00. The molecule has 118 valence electrons. The van der Waals surface area contributed by atoms with Crippen LogP contribution in [-0.4, -0.2) is 40.2 Å². The van der Waals surface area contributed by atoms with E-state index in [2.05, 4.69) is 27.2 Å². The third-order valence-corrected chi connectivity index (χ3v) is 3.75. The summed E-state index contributed by atoms with van der Waals surface area (Å²) in [5.74, 6) is 0.139. The van der Waals surface area contributed by atoms with E-state index < -0.39 is 5.97 Å². The van der Waals surface area contributed by atoms with Crippen molar-refractivity contribution >= 4 is 5.97 Å². The smallest absolute Gasteiger partial charge is 0.335 e. The van der Waals surface area contributed by atoms with Gasteiger partial charge in [0.2, 0.25) is 11.7 Å². The molecule has 2 aromatic rings. The highest BCUT2D eigenvalue weighted by Gasteiger charge is 2.19. The van der Waals surface area contributed by atoms with Crippen molar-refractivity contribution in [2.45, 2.75) is 12.3 Å². The number of aromatic nitrogens is 2. The van der Waals surface area contributed by atoms with Crippen LogP contribution in [0.15, 0.2) is 52.7 Å². The number of rotatable bonds is 4. The number of hydrogen-bond acceptors (Lipinski definition) is 5. The summed E-state index contributed by atoms with van der Waals surface area (Å²) in [5, 5.41) is 12.9. The van der Waals surface area contributed by atoms with Crippen LogP contribution in [0.3, 0.4) is 0 Å². The summed E-state index contributed by atoms with van der Waals surface area (Å²) in [4.78, 5) is 17.3. The molecule has 0 saturated carbocycles. The summed E-state index contributed by atoms with van der Waals surface area (Å²) in [6.45, 7) is 0. The Balaban J connectivity index is 1.76. The van der Waals surface area contributed by atoms with Crippen molar-refractivity contribution in [3.05, 3.63) is 59.6 Å². The molecule has 1 unspecified atom stereocenters. The molecule has 0 spiro atoms. The van der Waals surface area contributed by atoms with E-state index in [1.165, 1.54) is 12.1 Å². The zero-order valence-corrected chi connectivity index (χ0v) is 12.9. The normalized spacial score (nSPS) is 17.0. The average Bonchev–Trinajstić information content (AvgIpc) is 3.05. The van der Waals surface area contributed by atoms with Crippen LogP contribution in [0.25, 0.3) is 11.4 Å². The predicted molar refractivity (Wildman–Crippen MR) is 85.0 cm³/mol. The second-order valence-corrected chi connectivity index (χ2v) is 5.56. The van der Waals surface area contributed by atoms with Crippen LogP contribution in [0.1, 0.15) is 28.6 Å². The van der Waals surface area contributed by atoms with Gasteiger partial charge in [0.25, 0.3) is 0 Å². The number of likely N-dealkylation sites (N-methyl/N-ethyl adjacent to an activating group) is 1. The lowest BCUT2D eigenvalue weighted by atomic mass is 9.99. The van der Waals surface area contributed by atoms with Crippen molar-refractivity contribution in [2.24, 2.45) is 0 Å². The van der Waals surface area contributed by atoms with Crippen LogP contribution in [-0.2, 0) is 0 Å². The molecule has 6 nitrogen and oxygen atoms in total. The van der Waals surface area contributed by atoms with Gasteiger partial charge in [-0.1, -0.05) is 29.4 Å². The molecule has 0 bridgehead atoms. The number of carbonyl (C=O) groups is 1. The van der Waals surface area contributed by atoms with Crippen molar-refractivity contribution in [1.29, 1.82) is 0 Å². The monoisotopic (exact) mass is 311 g/mol. The van der Waals surface area contributed by atoms with Crippen LogP contribution in [0.2, 0.25) is 0 Å². The molecule has 0 radical (unpaired) electrons. The van der Waals surface area contributed by atoms with Crippen LogP contribution in [0.5, 0.6) is 0 Å². The third-order valence-electron chi connectivity index (χ3n) is 3.75. The fraction of sp³-hybridized carbons (Fsp3) is 0.235. The maximum atomic E-state index is 10.9. The number of benzene rings is 1. The van der Waals surface area contributed by atoms with Gasteiger partial charge in [0.05, 0.1) is 11.5 Å². The molecule has 1 N–H and O–H groups in total. The van der Waals surface area contributed by atoms with E-state index in [1.54, 1.807) is 12.1 Å². The number of carboxylic acids is 1. The highest BCUT2D eigenvalue weighted by molar-refractivity contribution is 5.88. The Morgan fingerprint density at radius 2 is 2.04 bits per heavy atom. The Bertz CT molecular complexity index is 773. The number of nitrogens with zero attached hydrogens (tertiary/aromatic N) is 3.